The number of nitrogens with zero attached hydrogens (tertiary/aromatic N) is 7. The minimum absolute atomic E-state index is 0.0427. The van der Waals surface area contributed by atoms with Gasteiger partial charge >= 0.3 is 0 Å². The lowest BCUT2D eigenvalue weighted by atomic mass is 10.0. The molecule has 0 unspecified atom stereocenters. The Balaban J connectivity index is 1.71. The van der Waals surface area contributed by atoms with E-state index in [0.29, 0.717) is 17.3 Å². The zero-order valence-corrected chi connectivity index (χ0v) is 22.1. The van der Waals surface area contributed by atoms with Crippen LogP contribution >= 0.6 is 11.3 Å². The zero-order valence-electron chi connectivity index (χ0n) is 21.3. The molecule has 0 fully saturated rings. The molecule has 43 heavy (non-hydrogen) atoms. The highest BCUT2D eigenvalue weighted by atomic mass is 32.1. The van der Waals surface area contributed by atoms with Crippen molar-refractivity contribution in [1.29, 1.82) is 5.26 Å². The fourth-order valence-electron chi connectivity index (χ4n) is 3.54. The Kier molecular flexibility index (Phi) is 8.78. The maximum absolute atomic E-state index is 13.4. The van der Waals surface area contributed by atoms with Gasteiger partial charge in [0.15, 0.2) is 0 Å². The Labute approximate surface area is 243 Å². The zero-order chi connectivity index (χ0) is 31.1. The van der Waals surface area contributed by atoms with Crippen LogP contribution in [0, 0.1) is 41.7 Å². The molecule has 2 amide bonds. The molecule has 0 radical (unpaired) electrons. The van der Waals surface area contributed by atoms with Crippen LogP contribution in [0.4, 0.5) is 22.7 Å². The van der Waals surface area contributed by atoms with E-state index < -0.39 is 55.3 Å². The van der Waals surface area contributed by atoms with Gasteiger partial charge in [-0.3, -0.25) is 44.9 Å². The predicted octanol–water partition coefficient (Wildman–Crippen LogP) is 3.96. The lowest BCUT2D eigenvalue weighted by Gasteiger charge is -2.12. The molecule has 0 saturated heterocycles. The Bertz CT molecular complexity index is 1820. The molecular weight excluding hydrogens is 586 g/mol. The maximum Gasteiger partial charge on any atom is 0.299 e. The van der Waals surface area contributed by atoms with Crippen molar-refractivity contribution in [2.75, 3.05) is 5.32 Å². The molecule has 2 aromatic carbocycles. The number of nitriles is 1. The monoisotopic (exact) mass is 601 g/mol. The first-order valence-electron chi connectivity index (χ1n) is 11.7. The van der Waals surface area contributed by atoms with Crippen LogP contribution in [0.2, 0.25) is 0 Å². The average molecular weight is 602 g/mol. The standard InChI is InChI=1S/C25H15N9O8S/c26-12-18(25-29-20(13-43-25)14-1-3-16(4-2-14)32(37)38)22(30-31-23(35)15-7-9-27-10-8-15)24(36)28-19-6-5-17(33(39)40)11-21(19)34(41)42/h1-11,13,18H,(H,28,36)(H,31,35)/b30-22+/t18-/m0/s1. The molecule has 17 nitrogen and oxygen atoms in total. The molecule has 2 heterocycles. The van der Waals surface area contributed by atoms with Gasteiger partial charge in [0.05, 0.1) is 32.6 Å². The minimum atomic E-state index is -1.51. The van der Waals surface area contributed by atoms with E-state index in [2.05, 4.69) is 25.8 Å². The number of hydrazone groups is 1. The SMILES string of the molecule is N#C[C@@H](/C(=N\NC(=O)c1ccncc1)C(=O)Nc1ccc([N+](=O)[O-])cc1[N+](=O)[O-])c1nc(-c2ccc([N+](=O)[O-])cc2)cs1. The molecular formula is C25H15N9O8S. The molecule has 0 aliphatic carbocycles. The number of pyridine rings is 1. The van der Waals surface area contributed by atoms with Gasteiger partial charge in [0.1, 0.15) is 22.3 Å². The number of nitrogens with one attached hydrogen (secondary N) is 2. The number of thiazole rings is 1. The number of carbonyl (C=O) groups is 2. The Morgan fingerprint density at radius 1 is 0.930 bits per heavy atom. The predicted molar refractivity (Wildman–Crippen MR) is 150 cm³/mol. The third-order valence-corrected chi connectivity index (χ3v) is 6.54. The largest absolute Gasteiger partial charge is 0.315 e. The van der Waals surface area contributed by atoms with Crippen molar-refractivity contribution in [3.8, 4) is 17.3 Å². The molecule has 2 N–H and O–H groups in total. The number of nitro groups is 3. The topological polar surface area (TPSA) is 250 Å². The molecule has 1 atom stereocenters. The number of benzene rings is 2. The molecule has 0 aliphatic heterocycles. The van der Waals surface area contributed by atoms with Gasteiger partial charge in [0, 0.05) is 47.1 Å². The van der Waals surface area contributed by atoms with Crippen LogP contribution in [0.1, 0.15) is 21.3 Å². The smallest absolute Gasteiger partial charge is 0.299 e. The minimum Gasteiger partial charge on any atom is -0.315 e. The number of carbonyl (C=O) groups excluding carboxylic acids is 2. The van der Waals surface area contributed by atoms with E-state index in [9.17, 15) is 45.2 Å². The van der Waals surface area contributed by atoms with E-state index in [1.54, 1.807) is 0 Å². The van der Waals surface area contributed by atoms with Crippen LogP contribution in [-0.4, -0.2) is 42.3 Å². The van der Waals surface area contributed by atoms with Gasteiger partial charge in [-0.05, 0) is 30.3 Å². The second-order valence-corrected chi connectivity index (χ2v) is 9.17. The Hall–Kier alpha value is -6.48. The number of nitro benzene ring substituents is 3. The van der Waals surface area contributed by atoms with Crippen LogP contribution in [0.15, 0.2) is 77.5 Å². The van der Waals surface area contributed by atoms with Crippen molar-refractivity contribution in [3.63, 3.8) is 0 Å². The first-order chi connectivity index (χ1) is 20.6. The van der Waals surface area contributed by atoms with Crippen LogP contribution in [-0.2, 0) is 4.79 Å². The summed E-state index contributed by atoms with van der Waals surface area (Å²) in [5, 5.41) is 51.3. The van der Waals surface area contributed by atoms with Crippen LogP contribution < -0.4 is 10.7 Å². The van der Waals surface area contributed by atoms with Gasteiger partial charge in [-0.25, -0.2) is 10.4 Å². The van der Waals surface area contributed by atoms with Gasteiger partial charge < -0.3 is 5.32 Å². The second kappa shape index (κ2) is 12.8. The van der Waals surface area contributed by atoms with Gasteiger partial charge in [0.25, 0.3) is 28.9 Å². The molecule has 0 aliphatic rings. The van der Waals surface area contributed by atoms with Crippen molar-refractivity contribution < 1.29 is 24.4 Å². The van der Waals surface area contributed by atoms with E-state index in [-0.39, 0.29) is 16.3 Å². The first-order valence-corrected chi connectivity index (χ1v) is 12.6. The third kappa shape index (κ3) is 6.82. The quantitative estimate of drug-likeness (QED) is 0.149. The number of rotatable bonds is 10. The van der Waals surface area contributed by atoms with Crippen molar-refractivity contribution in [1.82, 2.24) is 15.4 Å². The van der Waals surface area contributed by atoms with E-state index in [1.165, 1.54) is 54.2 Å². The van der Waals surface area contributed by atoms with E-state index in [4.69, 9.17) is 0 Å². The second-order valence-electron chi connectivity index (χ2n) is 8.28. The molecule has 0 spiro atoms. The number of anilines is 1. The summed E-state index contributed by atoms with van der Waals surface area (Å²) in [6.07, 6.45) is 2.68. The number of amides is 2. The van der Waals surface area contributed by atoms with E-state index in [1.807, 2.05) is 6.07 Å². The highest BCUT2D eigenvalue weighted by molar-refractivity contribution is 7.10. The summed E-state index contributed by atoms with van der Waals surface area (Å²) in [4.78, 5) is 65.4. The van der Waals surface area contributed by atoms with Gasteiger partial charge in [-0.15, -0.1) is 11.3 Å². The lowest BCUT2D eigenvalue weighted by molar-refractivity contribution is -0.393. The normalized spacial score (nSPS) is 11.6. The fraction of sp³-hybridized carbons (Fsp3) is 0.0400. The van der Waals surface area contributed by atoms with Crippen LogP contribution in [0.3, 0.4) is 0 Å². The molecule has 4 rings (SSSR count). The summed E-state index contributed by atoms with van der Waals surface area (Å²) in [5.74, 6) is -3.42. The van der Waals surface area contributed by atoms with E-state index in [0.717, 1.165) is 23.5 Å². The van der Waals surface area contributed by atoms with Crippen LogP contribution in [0.25, 0.3) is 11.3 Å². The Morgan fingerprint density at radius 3 is 2.19 bits per heavy atom. The molecule has 4 aromatic rings. The van der Waals surface area contributed by atoms with Crippen molar-refractivity contribution in [3.05, 3.63) is 113 Å². The van der Waals surface area contributed by atoms with Crippen molar-refractivity contribution in [2.24, 2.45) is 5.10 Å². The summed E-state index contributed by atoms with van der Waals surface area (Å²) in [5.41, 5.74) is 0.489. The summed E-state index contributed by atoms with van der Waals surface area (Å²) in [7, 11) is 0. The molecule has 0 bridgehead atoms. The molecule has 214 valence electrons. The molecule has 18 heteroatoms. The summed E-state index contributed by atoms with van der Waals surface area (Å²) >= 11 is 0.951. The fourth-order valence-corrected chi connectivity index (χ4v) is 4.41. The van der Waals surface area contributed by atoms with Crippen molar-refractivity contribution in [2.45, 2.75) is 5.92 Å². The van der Waals surface area contributed by atoms with Gasteiger partial charge in [-0.2, -0.15) is 10.4 Å². The first kappa shape index (κ1) is 29.5. The van der Waals surface area contributed by atoms with Crippen LogP contribution in [0.5, 0.6) is 0 Å². The highest BCUT2D eigenvalue weighted by Gasteiger charge is 2.30. The van der Waals surface area contributed by atoms with Gasteiger partial charge in [-0.1, -0.05) is 0 Å². The summed E-state index contributed by atoms with van der Waals surface area (Å²) < 4.78 is 0. The molecule has 0 saturated carbocycles. The number of aromatic nitrogens is 2. The lowest BCUT2D eigenvalue weighted by Crippen LogP contribution is -2.32. The summed E-state index contributed by atoms with van der Waals surface area (Å²) in [6.45, 7) is 0. The number of hydrogen-bond donors (Lipinski definition) is 2. The summed E-state index contributed by atoms with van der Waals surface area (Å²) in [6, 6.07) is 12.6. The third-order valence-electron chi connectivity index (χ3n) is 5.64. The number of non-ortho nitro benzene ring substituents is 2. The molecule has 2 aromatic heterocycles. The highest BCUT2D eigenvalue weighted by Crippen LogP contribution is 2.31. The van der Waals surface area contributed by atoms with E-state index >= 15 is 0 Å². The Morgan fingerprint density at radius 2 is 1.58 bits per heavy atom. The number of hydrogen-bond acceptors (Lipinski definition) is 13. The maximum atomic E-state index is 13.4. The van der Waals surface area contributed by atoms with Gasteiger partial charge in [0.2, 0.25) is 0 Å². The van der Waals surface area contributed by atoms with Crippen molar-refractivity contribution >= 4 is 51.6 Å². The average Bonchev–Trinajstić information content (AvgIpc) is 3.49.